The number of nitrogens with one attached hydrogen (secondary N) is 6. The van der Waals surface area contributed by atoms with Crippen LogP contribution in [-0.4, -0.2) is 115 Å². The highest BCUT2D eigenvalue weighted by atomic mass is 16.7. The Morgan fingerprint density at radius 1 is 0.806 bits per heavy atom. The molecule has 3 saturated carbocycles. The first kappa shape index (κ1) is 52.6. The Labute approximate surface area is 394 Å². The lowest BCUT2D eigenvalue weighted by atomic mass is 9.43. The molecule has 4 fully saturated rings. The van der Waals surface area contributed by atoms with Crippen molar-refractivity contribution in [3.63, 3.8) is 0 Å². The molecule has 0 radical (unpaired) electrons. The van der Waals surface area contributed by atoms with E-state index < -0.39 is 84.9 Å². The van der Waals surface area contributed by atoms with Crippen LogP contribution in [-0.2, 0) is 44.5 Å². The summed E-state index contributed by atoms with van der Waals surface area (Å²) in [7, 11) is -0.731. The number of primary amides is 1. The number of benzene rings is 2. The van der Waals surface area contributed by atoms with Crippen molar-refractivity contribution < 1.29 is 48.0 Å². The van der Waals surface area contributed by atoms with E-state index in [1.54, 1.807) is 12.1 Å². The van der Waals surface area contributed by atoms with Crippen molar-refractivity contribution in [2.75, 3.05) is 19.5 Å². The number of aliphatic hydroxyl groups excluding tert-OH is 1. The van der Waals surface area contributed by atoms with E-state index in [9.17, 15) is 38.7 Å². The third kappa shape index (κ3) is 13.6. The molecule has 2 bridgehead atoms. The zero-order valence-corrected chi connectivity index (χ0v) is 39.8. The van der Waals surface area contributed by atoms with Gasteiger partial charge in [-0.3, -0.25) is 33.6 Å². The minimum absolute atomic E-state index is 0.0218. The first-order valence-electron chi connectivity index (χ1n) is 23.7. The van der Waals surface area contributed by atoms with Crippen molar-refractivity contribution in [2.24, 2.45) is 28.7 Å². The smallest absolute Gasteiger partial charge is 0.404 e. The van der Waals surface area contributed by atoms with Gasteiger partial charge in [-0.05, 0) is 118 Å². The zero-order valence-electron chi connectivity index (χ0n) is 39.8. The van der Waals surface area contributed by atoms with E-state index >= 15 is 0 Å². The van der Waals surface area contributed by atoms with Crippen LogP contribution in [0.4, 0.5) is 0 Å². The van der Waals surface area contributed by atoms with E-state index in [1.165, 1.54) is 19.4 Å². The lowest BCUT2D eigenvalue weighted by molar-refractivity contribution is -0.199. The summed E-state index contributed by atoms with van der Waals surface area (Å²) in [5, 5.41) is 26.0. The fourth-order valence-electron chi connectivity index (χ4n) is 9.56. The molecule has 366 valence electrons. The minimum atomic E-state index is -1.56. The molecule has 7 amide bonds. The van der Waals surface area contributed by atoms with E-state index in [2.05, 4.69) is 76.9 Å². The van der Waals surface area contributed by atoms with Crippen LogP contribution in [0, 0.1) is 17.3 Å². The van der Waals surface area contributed by atoms with Crippen LogP contribution < -0.4 is 43.4 Å². The van der Waals surface area contributed by atoms with E-state index in [0.29, 0.717) is 36.8 Å². The molecule has 9 atom stereocenters. The number of hydrogen-bond donors (Lipinski definition) is 9. The molecule has 3 aliphatic carbocycles. The highest BCUT2D eigenvalue weighted by Gasteiger charge is 2.67. The van der Waals surface area contributed by atoms with Gasteiger partial charge in [-0.15, -0.1) is 0 Å². The Balaban J connectivity index is 1.09. The van der Waals surface area contributed by atoms with Gasteiger partial charge in [0.1, 0.15) is 24.2 Å². The Kier molecular flexibility index (Phi) is 18.5. The number of carbonyl (C=O) groups is 7. The standard InChI is InChI=1S/C48H71BN8O10/c1-7-8-11-30-13-15-31(16-14-30)32-17-19-33(20-18-32)43(62)52-23-21-40(60)55-35(12-9-10-22-50)45(64)57-41(29(3)58)46(65)54-28(2)42(61)56-36(26-39(51)59)44(63)53-27-49-66-38-25-34-24-37(47(34,4)5)48(38,6)67-49/h13-20,28-29,34-38,41,58H,7-12,21-27,50H2,1-6H3,(H2,51,59)(H,52,62)(H,53,63)(H,54,65)(H,55,60)(H,56,61)(H,57,64)/t28-,29?,34-,35-,36-,37-,38?,41-,48-/m0/s1. The van der Waals surface area contributed by atoms with Gasteiger partial charge in [0.05, 0.1) is 30.7 Å². The number of rotatable bonds is 25. The van der Waals surface area contributed by atoms with Crippen LogP contribution in [0.25, 0.3) is 11.1 Å². The van der Waals surface area contributed by atoms with Crippen LogP contribution >= 0.6 is 0 Å². The molecule has 2 aromatic carbocycles. The average molecular weight is 931 g/mol. The maximum atomic E-state index is 13.6. The second-order valence-corrected chi connectivity index (χ2v) is 19.1. The van der Waals surface area contributed by atoms with Crippen LogP contribution in [0.15, 0.2) is 48.5 Å². The van der Waals surface area contributed by atoms with Crippen LogP contribution in [0.1, 0.15) is 115 Å². The summed E-state index contributed by atoms with van der Waals surface area (Å²) in [5.74, 6) is -4.20. The number of amides is 7. The normalized spacial score (nSPS) is 22.3. The topological polar surface area (TPSA) is 282 Å². The van der Waals surface area contributed by atoms with Crippen molar-refractivity contribution in [3.05, 3.63) is 59.7 Å². The highest BCUT2D eigenvalue weighted by molar-refractivity contribution is 6.46. The van der Waals surface area contributed by atoms with Gasteiger partial charge >= 0.3 is 7.12 Å². The summed E-state index contributed by atoms with van der Waals surface area (Å²) in [6.07, 6.45) is 4.07. The van der Waals surface area contributed by atoms with E-state index in [0.717, 1.165) is 43.2 Å². The van der Waals surface area contributed by atoms with E-state index in [1.807, 2.05) is 19.1 Å². The van der Waals surface area contributed by atoms with Crippen LogP contribution in [0.5, 0.6) is 0 Å². The van der Waals surface area contributed by atoms with Gasteiger partial charge in [-0.2, -0.15) is 0 Å². The molecule has 67 heavy (non-hydrogen) atoms. The lowest BCUT2D eigenvalue weighted by Gasteiger charge is -2.64. The van der Waals surface area contributed by atoms with Crippen LogP contribution in [0.3, 0.4) is 0 Å². The molecule has 2 aromatic rings. The molecule has 1 aliphatic heterocycles. The number of unbranched alkanes of at least 4 members (excludes halogenated alkanes) is 2. The molecule has 0 spiro atoms. The molecular formula is C48H71BN8O10. The Bertz CT molecular complexity index is 2070. The number of carbonyl (C=O) groups excluding carboxylic acids is 7. The van der Waals surface area contributed by atoms with Crippen molar-refractivity contribution in [2.45, 2.75) is 148 Å². The monoisotopic (exact) mass is 931 g/mol. The highest BCUT2D eigenvalue weighted by Crippen LogP contribution is 2.65. The zero-order chi connectivity index (χ0) is 49.1. The quantitative estimate of drug-likeness (QED) is 0.0509. The van der Waals surface area contributed by atoms with E-state index in [-0.39, 0.29) is 43.3 Å². The molecule has 6 rings (SSSR count). The second-order valence-electron chi connectivity index (χ2n) is 19.1. The first-order valence-corrected chi connectivity index (χ1v) is 23.7. The predicted octanol–water partition coefficient (Wildman–Crippen LogP) is 1.54. The van der Waals surface area contributed by atoms with Gasteiger partial charge in [0, 0.05) is 18.5 Å². The second kappa shape index (κ2) is 23.6. The first-order chi connectivity index (χ1) is 31.8. The van der Waals surface area contributed by atoms with Gasteiger partial charge < -0.3 is 57.8 Å². The molecule has 18 nitrogen and oxygen atoms in total. The molecule has 0 aromatic heterocycles. The summed E-state index contributed by atoms with van der Waals surface area (Å²) in [5.41, 5.74) is 14.4. The molecule has 2 unspecified atom stereocenters. The number of aryl methyl sites for hydroxylation is 1. The van der Waals surface area contributed by atoms with Gasteiger partial charge in [0.15, 0.2) is 0 Å². The van der Waals surface area contributed by atoms with Crippen molar-refractivity contribution >= 4 is 48.5 Å². The van der Waals surface area contributed by atoms with Crippen LogP contribution in [0.2, 0.25) is 0 Å². The fraction of sp³-hybridized carbons (Fsp3) is 0.604. The number of nitrogens with two attached hydrogens (primary N) is 2. The third-order valence-corrected chi connectivity index (χ3v) is 13.8. The predicted molar refractivity (Wildman–Crippen MR) is 252 cm³/mol. The molecule has 1 saturated heterocycles. The molecule has 1 heterocycles. The Morgan fingerprint density at radius 2 is 1.48 bits per heavy atom. The minimum Gasteiger partial charge on any atom is -0.404 e. The van der Waals surface area contributed by atoms with Gasteiger partial charge in [0.2, 0.25) is 35.4 Å². The molecule has 4 aliphatic rings. The lowest BCUT2D eigenvalue weighted by Crippen LogP contribution is -2.65. The van der Waals surface area contributed by atoms with Crippen molar-refractivity contribution in [3.8, 4) is 11.1 Å². The Hall–Kier alpha value is -5.37. The van der Waals surface area contributed by atoms with Gasteiger partial charge in [-0.1, -0.05) is 63.6 Å². The SMILES string of the molecule is CCCCc1ccc(-c2ccc(C(=O)NCCC(=O)N[C@@H](CCCCN)C(=O)N[C@H](C(=O)N[C@@H](C)C(=O)N[C@@H](CC(N)=O)C(=O)NCB3OC4C[C@@H]5C[C@@H](C5(C)C)[C@]4(C)O3)C(C)O)cc2)cc1. The summed E-state index contributed by atoms with van der Waals surface area (Å²) >= 11 is 0. The number of hydrogen-bond acceptors (Lipinski definition) is 11. The number of aliphatic hydroxyl groups is 1. The summed E-state index contributed by atoms with van der Waals surface area (Å²) < 4.78 is 12.5. The Morgan fingerprint density at radius 3 is 2.09 bits per heavy atom. The van der Waals surface area contributed by atoms with E-state index in [4.69, 9.17) is 20.8 Å². The molecule has 11 N–H and O–H groups in total. The molecular weight excluding hydrogens is 859 g/mol. The summed E-state index contributed by atoms with van der Waals surface area (Å²) in [6, 6.07) is 10.1. The van der Waals surface area contributed by atoms with Crippen molar-refractivity contribution in [1.82, 2.24) is 31.9 Å². The average Bonchev–Trinajstić information content (AvgIpc) is 3.64. The maximum absolute atomic E-state index is 13.6. The van der Waals surface area contributed by atoms with Gasteiger partial charge in [-0.25, -0.2) is 0 Å². The largest absolute Gasteiger partial charge is 0.478 e. The third-order valence-electron chi connectivity index (χ3n) is 13.8. The van der Waals surface area contributed by atoms with Crippen molar-refractivity contribution in [1.29, 1.82) is 0 Å². The summed E-state index contributed by atoms with van der Waals surface area (Å²) in [4.78, 5) is 91.6. The fourth-order valence-corrected chi connectivity index (χ4v) is 9.56. The maximum Gasteiger partial charge on any atom is 0.478 e. The molecule has 19 heteroatoms. The summed E-state index contributed by atoms with van der Waals surface area (Å²) in [6.45, 7) is 11.6. The van der Waals surface area contributed by atoms with Gasteiger partial charge in [0.25, 0.3) is 5.91 Å².